The minimum atomic E-state index is -0.0958. The van der Waals surface area contributed by atoms with Crippen molar-refractivity contribution in [3.05, 3.63) is 109 Å². The molecule has 1 amide bonds. The predicted octanol–water partition coefficient (Wildman–Crippen LogP) is 6.54. The van der Waals surface area contributed by atoms with Crippen LogP contribution >= 0.6 is 0 Å². The molecule has 0 bridgehead atoms. The summed E-state index contributed by atoms with van der Waals surface area (Å²) in [5.41, 5.74) is 4.00. The maximum absolute atomic E-state index is 13.7. The summed E-state index contributed by atoms with van der Waals surface area (Å²) in [5, 5.41) is 0. The third-order valence-corrected chi connectivity index (χ3v) is 5.26. The Kier molecular flexibility index (Phi) is 4.45. The van der Waals surface area contributed by atoms with E-state index in [-0.39, 0.29) is 5.91 Å². The number of anilines is 4. The molecule has 0 atom stereocenters. The van der Waals surface area contributed by atoms with Crippen molar-refractivity contribution < 1.29 is 9.53 Å². The molecular weight excluding hydrogens is 372 g/mol. The van der Waals surface area contributed by atoms with Crippen LogP contribution in [-0.4, -0.2) is 13.0 Å². The lowest BCUT2D eigenvalue weighted by atomic mass is 10.1. The standard InChI is InChI=1S/C26H20N2O2/c1-27(20-13-6-3-7-14-20)22-16-10-18-24-25(22)28(21-15-8-9-17-23(21)30-24)26(29)19-11-4-2-5-12-19/h2-18H,1H3. The summed E-state index contributed by atoms with van der Waals surface area (Å²) in [6.07, 6.45) is 0. The van der Waals surface area contributed by atoms with E-state index in [0.717, 1.165) is 22.7 Å². The zero-order valence-electron chi connectivity index (χ0n) is 16.5. The number of nitrogens with zero attached hydrogens (tertiary/aromatic N) is 2. The van der Waals surface area contributed by atoms with E-state index in [1.54, 1.807) is 4.90 Å². The zero-order chi connectivity index (χ0) is 20.5. The maximum Gasteiger partial charge on any atom is 0.263 e. The number of ether oxygens (including phenoxy) is 1. The van der Waals surface area contributed by atoms with E-state index in [1.165, 1.54) is 0 Å². The Morgan fingerprint density at radius 1 is 0.733 bits per heavy atom. The maximum atomic E-state index is 13.7. The number of hydrogen-bond donors (Lipinski definition) is 0. The summed E-state index contributed by atoms with van der Waals surface area (Å²) in [6.45, 7) is 0. The second-order valence-corrected chi connectivity index (χ2v) is 7.09. The molecular formula is C26H20N2O2. The van der Waals surface area contributed by atoms with Crippen LogP contribution in [0.2, 0.25) is 0 Å². The third kappa shape index (κ3) is 2.99. The number of carbonyl (C=O) groups excluding carboxylic acids is 1. The van der Waals surface area contributed by atoms with Crippen LogP contribution in [0.25, 0.3) is 0 Å². The van der Waals surface area contributed by atoms with Crippen LogP contribution in [0.4, 0.5) is 22.7 Å². The molecule has 4 aromatic carbocycles. The Morgan fingerprint density at radius 3 is 2.13 bits per heavy atom. The van der Waals surface area contributed by atoms with Crippen LogP contribution < -0.4 is 14.5 Å². The van der Waals surface area contributed by atoms with E-state index in [9.17, 15) is 4.79 Å². The molecule has 0 saturated heterocycles. The lowest BCUT2D eigenvalue weighted by molar-refractivity contribution is 0.0997. The molecule has 0 aliphatic carbocycles. The Hall–Kier alpha value is -4.05. The van der Waals surface area contributed by atoms with Crippen molar-refractivity contribution >= 4 is 28.7 Å². The molecule has 0 N–H and O–H groups in total. The van der Waals surface area contributed by atoms with Gasteiger partial charge in [0.15, 0.2) is 11.5 Å². The molecule has 4 heteroatoms. The van der Waals surface area contributed by atoms with Crippen LogP contribution in [0.15, 0.2) is 103 Å². The summed E-state index contributed by atoms with van der Waals surface area (Å²) in [7, 11) is 2.00. The molecule has 1 aliphatic rings. The fraction of sp³-hybridized carbons (Fsp3) is 0.0385. The van der Waals surface area contributed by atoms with Crippen molar-refractivity contribution in [2.45, 2.75) is 0 Å². The molecule has 0 unspecified atom stereocenters. The number of amides is 1. The van der Waals surface area contributed by atoms with Gasteiger partial charge < -0.3 is 9.64 Å². The molecule has 1 heterocycles. The average Bonchev–Trinajstić information content (AvgIpc) is 2.82. The van der Waals surface area contributed by atoms with Gasteiger partial charge in [0.05, 0.1) is 11.4 Å². The summed E-state index contributed by atoms with van der Waals surface area (Å²) in [6, 6.07) is 32.9. The van der Waals surface area contributed by atoms with Gasteiger partial charge in [-0.1, -0.05) is 54.6 Å². The van der Waals surface area contributed by atoms with Gasteiger partial charge in [0, 0.05) is 18.3 Å². The fourth-order valence-corrected chi connectivity index (χ4v) is 3.77. The third-order valence-electron chi connectivity index (χ3n) is 5.26. The van der Waals surface area contributed by atoms with Crippen LogP contribution in [0, 0.1) is 0 Å². The van der Waals surface area contributed by atoms with Crippen molar-refractivity contribution in [2.24, 2.45) is 0 Å². The molecule has 0 fully saturated rings. The lowest BCUT2D eigenvalue weighted by Crippen LogP contribution is -2.30. The molecule has 0 radical (unpaired) electrons. The summed E-state index contributed by atoms with van der Waals surface area (Å²) >= 11 is 0. The number of para-hydroxylation sites is 4. The van der Waals surface area contributed by atoms with Crippen LogP contribution in [0.5, 0.6) is 11.5 Å². The van der Waals surface area contributed by atoms with E-state index in [0.29, 0.717) is 17.1 Å². The van der Waals surface area contributed by atoms with E-state index in [4.69, 9.17) is 4.74 Å². The predicted molar refractivity (Wildman–Crippen MR) is 120 cm³/mol. The molecule has 4 aromatic rings. The van der Waals surface area contributed by atoms with Gasteiger partial charge in [0.2, 0.25) is 0 Å². The first kappa shape index (κ1) is 18.0. The first-order valence-electron chi connectivity index (χ1n) is 9.82. The molecule has 1 aliphatic heterocycles. The van der Waals surface area contributed by atoms with Crippen molar-refractivity contribution in [1.29, 1.82) is 0 Å². The number of hydrogen-bond acceptors (Lipinski definition) is 3. The van der Waals surface area contributed by atoms with Gasteiger partial charge in [-0.15, -0.1) is 0 Å². The first-order valence-corrected chi connectivity index (χ1v) is 9.82. The molecule has 5 rings (SSSR count). The Labute approximate surface area is 175 Å². The van der Waals surface area contributed by atoms with E-state index < -0.39 is 0 Å². The topological polar surface area (TPSA) is 32.8 Å². The highest BCUT2D eigenvalue weighted by Crippen LogP contribution is 2.51. The molecule has 0 spiro atoms. The highest BCUT2D eigenvalue weighted by molar-refractivity contribution is 6.15. The molecule has 0 aromatic heterocycles. The second kappa shape index (κ2) is 7.41. The SMILES string of the molecule is CN(c1ccccc1)c1cccc2c1N(C(=O)c1ccccc1)c1ccccc1O2. The average molecular weight is 392 g/mol. The zero-order valence-corrected chi connectivity index (χ0v) is 16.5. The number of carbonyl (C=O) groups is 1. The van der Waals surface area contributed by atoms with Crippen molar-refractivity contribution in [3.63, 3.8) is 0 Å². The molecule has 4 nitrogen and oxygen atoms in total. The second-order valence-electron chi connectivity index (χ2n) is 7.09. The number of benzene rings is 4. The largest absolute Gasteiger partial charge is 0.453 e. The van der Waals surface area contributed by atoms with Crippen LogP contribution in [-0.2, 0) is 0 Å². The smallest absolute Gasteiger partial charge is 0.263 e. The van der Waals surface area contributed by atoms with Gasteiger partial charge in [0.1, 0.15) is 5.69 Å². The van der Waals surface area contributed by atoms with Gasteiger partial charge in [-0.05, 0) is 48.5 Å². The van der Waals surface area contributed by atoms with Crippen molar-refractivity contribution in [2.75, 3.05) is 16.8 Å². The van der Waals surface area contributed by atoms with Gasteiger partial charge in [-0.2, -0.15) is 0 Å². The van der Waals surface area contributed by atoms with Crippen molar-refractivity contribution in [3.8, 4) is 11.5 Å². The quantitative estimate of drug-likeness (QED) is 0.397. The Morgan fingerprint density at radius 2 is 1.37 bits per heavy atom. The highest BCUT2D eigenvalue weighted by Gasteiger charge is 2.33. The summed E-state index contributed by atoms with van der Waals surface area (Å²) in [4.78, 5) is 17.5. The fourth-order valence-electron chi connectivity index (χ4n) is 3.77. The van der Waals surface area contributed by atoms with Crippen molar-refractivity contribution in [1.82, 2.24) is 0 Å². The lowest BCUT2D eigenvalue weighted by Gasteiger charge is -2.35. The number of rotatable bonds is 3. The van der Waals surface area contributed by atoms with Gasteiger partial charge >= 0.3 is 0 Å². The first-order chi connectivity index (χ1) is 14.7. The summed E-state index contributed by atoms with van der Waals surface area (Å²) < 4.78 is 6.20. The van der Waals surface area contributed by atoms with Gasteiger partial charge in [0.25, 0.3) is 5.91 Å². The summed E-state index contributed by atoms with van der Waals surface area (Å²) in [5.74, 6) is 1.22. The van der Waals surface area contributed by atoms with Gasteiger partial charge in [-0.25, -0.2) is 0 Å². The minimum absolute atomic E-state index is 0.0958. The van der Waals surface area contributed by atoms with E-state index in [1.807, 2.05) is 110 Å². The molecule has 30 heavy (non-hydrogen) atoms. The monoisotopic (exact) mass is 392 g/mol. The van der Waals surface area contributed by atoms with Gasteiger partial charge in [-0.3, -0.25) is 9.69 Å². The van der Waals surface area contributed by atoms with E-state index in [2.05, 4.69) is 4.90 Å². The Balaban J connectivity index is 1.71. The highest BCUT2D eigenvalue weighted by atomic mass is 16.5. The van der Waals surface area contributed by atoms with Crippen LogP contribution in [0.1, 0.15) is 10.4 Å². The molecule has 146 valence electrons. The normalized spacial score (nSPS) is 11.8. The van der Waals surface area contributed by atoms with E-state index >= 15 is 0 Å². The van der Waals surface area contributed by atoms with Crippen LogP contribution in [0.3, 0.4) is 0 Å². The number of fused-ring (bicyclic) bond motifs is 2. The minimum Gasteiger partial charge on any atom is -0.453 e. The molecule has 0 saturated carbocycles. The Bertz CT molecular complexity index is 1210.